The van der Waals surface area contributed by atoms with Crippen LogP contribution in [0.3, 0.4) is 0 Å². The number of anilines is 1. The number of aliphatic hydroxyl groups is 1. The number of nitrogen functional groups attached to an aromatic ring is 1. The van der Waals surface area contributed by atoms with Crippen molar-refractivity contribution in [3.05, 3.63) is 24.3 Å². The topological polar surface area (TPSA) is 84.6 Å². The van der Waals surface area contributed by atoms with Crippen molar-refractivity contribution >= 4 is 11.6 Å². The number of para-hydroxylation sites is 2. The normalized spacial score (nSPS) is 23.8. The van der Waals surface area contributed by atoms with Crippen LogP contribution in [0.4, 0.5) is 5.69 Å². The Morgan fingerprint density at radius 2 is 2.20 bits per heavy atom. The van der Waals surface area contributed by atoms with Gasteiger partial charge in [-0.15, -0.1) is 0 Å². The monoisotopic (exact) mass is 278 g/mol. The molecule has 1 aliphatic rings. The largest absolute Gasteiger partial charge is 0.491 e. The summed E-state index contributed by atoms with van der Waals surface area (Å²) in [4.78, 5) is 11.8. The number of hydrogen-bond donors (Lipinski definition) is 3. The Balaban J connectivity index is 1.73. The molecule has 2 atom stereocenters. The van der Waals surface area contributed by atoms with Crippen molar-refractivity contribution in [2.45, 2.75) is 38.8 Å². The molecule has 2 rings (SSSR count). The summed E-state index contributed by atoms with van der Waals surface area (Å²) in [6.07, 6.45) is 0.551. The van der Waals surface area contributed by atoms with E-state index in [4.69, 9.17) is 10.5 Å². The SMILES string of the molecule is CC1(C)C(O)CC1NC(=O)CCOc1ccccc1N. The van der Waals surface area contributed by atoms with Crippen molar-refractivity contribution in [2.75, 3.05) is 12.3 Å². The summed E-state index contributed by atoms with van der Waals surface area (Å²) in [5.74, 6) is 0.532. The fraction of sp³-hybridized carbons (Fsp3) is 0.533. The first-order valence-electron chi connectivity index (χ1n) is 6.86. The van der Waals surface area contributed by atoms with Crippen molar-refractivity contribution in [1.29, 1.82) is 0 Å². The van der Waals surface area contributed by atoms with E-state index in [1.807, 2.05) is 26.0 Å². The average Bonchev–Trinajstić information content (AvgIpc) is 2.41. The highest BCUT2D eigenvalue weighted by Gasteiger charge is 2.47. The second kappa shape index (κ2) is 5.71. The van der Waals surface area contributed by atoms with E-state index in [9.17, 15) is 9.90 Å². The number of amides is 1. The molecule has 5 nitrogen and oxygen atoms in total. The maximum atomic E-state index is 11.8. The van der Waals surface area contributed by atoms with Crippen LogP contribution < -0.4 is 15.8 Å². The lowest BCUT2D eigenvalue weighted by Crippen LogP contribution is -2.61. The molecule has 20 heavy (non-hydrogen) atoms. The summed E-state index contributed by atoms with van der Waals surface area (Å²) in [5.41, 5.74) is 6.06. The van der Waals surface area contributed by atoms with Gasteiger partial charge in [0.2, 0.25) is 5.91 Å². The summed E-state index contributed by atoms with van der Waals surface area (Å²) in [6, 6.07) is 7.24. The van der Waals surface area contributed by atoms with Gasteiger partial charge in [0, 0.05) is 11.5 Å². The standard InChI is InChI=1S/C15H22N2O3/c1-15(2)12(9-13(15)18)17-14(19)7-8-20-11-6-4-3-5-10(11)16/h3-6,12-13,18H,7-9,16H2,1-2H3,(H,17,19). The Morgan fingerprint density at radius 3 is 2.80 bits per heavy atom. The molecule has 4 N–H and O–H groups in total. The van der Waals surface area contributed by atoms with E-state index in [0.717, 1.165) is 0 Å². The van der Waals surface area contributed by atoms with Crippen molar-refractivity contribution < 1.29 is 14.6 Å². The number of rotatable bonds is 5. The van der Waals surface area contributed by atoms with Gasteiger partial charge in [-0.3, -0.25) is 4.79 Å². The van der Waals surface area contributed by atoms with E-state index in [0.29, 0.717) is 17.9 Å². The zero-order chi connectivity index (χ0) is 14.8. The average molecular weight is 278 g/mol. The van der Waals surface area contributed by atoms with E-state index >= 15 is 0 Å². The van der Waals surface area contributed by atoms with Gasteiger partial charge in [-0.25, -0.2) is 0 Å². The third-order valence-corrected chi connectivity index (χ3v) is 4.06. The van der Waals surface area contributed by atoms with Crippen molar-refractivity contribution in [2.24, 2.45) is 5.41 Å². The summed E-state index contributed by atoms with van der Waals surface area (Å²) < 4.78 is 5.48. The highest BCUT2D eigenvalue weighted by Crippen LogP contribution is 2.40. The van der Waals surface area contributed by atoms with Gasteiger partial charge < -0.3 is 20.9 Å². The highest BCUT2D eigenvalue weighted by molar-refractivity contribution is 5.76. The quantitative estimate of drug-likeness (QED) is 0.709. The molecule has 0 saturated heterocycles. The molecule has 0 aliphatic heterocycles. The molecule has 1 aromatic carbocycles. The van der Waals surface area contributed by atoms with E-state index in [2.05, 4.69) is 5.32 Å². The van der Waals surface area contributed by atoms with E-state index in [1.54, 1.807) is 12.1 Å². The molecule has 2 unspecified atom stereocenters. The number of nitrogens with one attached hydrogen (secondary N) is 1. The zero-order valence-electron chi connectivity index (χ0n) is 11.9. The van der Waals surface area contributed by atoms with Gasteiger partial charge >= 0.3 is 0 Å². The Kier molecular flexibility index (Phi) is 4.18. The number of nitrogens with two attached hydrogens (primary N) is 1. The van der Waals surface area contributed by atoms with Gasteiger partial charge in [0.05, 0.1) is 24.8 Å². The van der Waals surface area contributed by atoms with Crippen LogP contribution in [0.25, 0.3) is 0 Å². The van der Waals surface area contributed by atoms with Gasteiger partial charge in [-0.05, 0) is 18.6 Å². The first kappa shape index (κ1) is 14.7. The Hall–Kier alpha value is -1.75. The van der Waals surface area contributed by atoms with E-state index in [-0.39, 0.29) is 36.5 Å². The van der Waals surface area contributed by atoms with Crippen molar-refractivity contribution in [3.8, 4) is 5.75 Å². The predicted molar refractivity (Wildman–Crippen MR) is 77.3 cm³/mol. The van der Waals surface area contributed by atoms with Crippen LogP contribution in [0.5, 0.6) is 5.75 Å². The van der Waals surface area contributed by atoms with Gasteiger partial charge in [-0.1, -0.05) is 26.0 Å². The fourth-order valence-electron chi connectivity index (χ4n) is 2.28. The maximum absolute atomic E-state index is 11.8. The summed E-state index contributed by atoms with van der Waals surface area (Å²) >= 11 is 0. The van der Waals surface area contributed by atoms with Crippen molar-refractivity contribution in [1.82, 2.24) is 5.32 Å². The molecule has 5 heteroatoms. The Labute approximate surface area is 119 Å². The van der Waals surface area contributed by atoms with Crippen LogP contribution in [-0.4, -0.2) is 29.8 Å². The van der Waals surface area contributed by atoms with Crippen LogP contribution in [0.15, 0.2) is 24.3 Å². The molecule has 0 radical (unpaired) electrons. The van der Waals surface area contributed by atoms with Crippen LogP contribution in [0, 0.1) is 5.41 Å². The minimum absolute atomic E-state index is 0.0341. The number of carbonyl (C=O) groups excluding carboxylic acids is 1. The molecule has 1 aromatic rings. The number of aliphatic hydroxyl groups excluding tert-OH is 1. The third kappa shape index (κ3) is 3.04. The molecular weight excluding hydrogens is 256 g/mol. The van der Waals surface area contributed by atoms with Crippen LogP contribution >= 0.6 is 0 Å². The third-order valence-electron chi connectivity index (χ3n) is 4.06. The van der Waals surface area contributed by atoms with E-state index < -0.39 is 0 Å². The van der Waals surface area contributed by atoms with E-state index in [1.165, 1.54) is 0 Å². The Bertz CT molecular complexity index is 488. The molecular formula is C15H22N2O3. The second-order valence-electron chi connectivity index (χ2n) is 5.83. The molecule has 0 spiro atoms. The van der Waals surface area contributed by atoms with Crippen molar-refractivity contribution in [3.63, 3.8) is 0 Å². The number of ether oxygens (including phenoxy) is 1. The molecule has 1 amide bonds. The van der Waals surface area contributed by atoms with Crippen LogP contribution in [-0.2, 0) is 4.79 Å². The predicted octanol–water partition coefficient (Wildman–Crippen LogP) is 1.31. The number of hydrogen-bond acceptors (Lipinski definition) is 4. The smallest absolute Gasteiger partial charge is 0.223 e. The highest BCUT2D eigenvalue weighted by atomic mass is 16.5. The van der Waals surface area contributed by atoms with Crippen LogP contribution in [0.2, 0.25) is 0 Å². The zero-order valence-corrected chi connectivity index (χ0v) is 11.9. The lowest BCUT2D eigenvalue weighted by Gasteiger charge is -2.49. The minimum Gasteiger partial charge on any atom is -0.491 e. The second-order valence-corrected chi connectivity index (χ2v) is 5.83. The number of carbonyl (C=O) groups is 1. The summed E-state index contributed by atoms with van der Waals surface area (Å²) in [6.45, 7) is 4.19. The lowest BCUT2D eigenvalue weighted by molar-refractivity contribution is -0.129. The Morgan fingerprint density at radius 1 is 1.50 bits per heavy atom. The molecule has 1 fully saturated rings. The summed E-state index contributed by atoms with van der Waals surface area (Å²) in [7, 11) is 0. The number of benzene rings is 1. The summed E-state index contributed by atoms with van der Waals surface area (Å²) in [5, 5.41) is 12.6. The van der Waals surface area contributed by atoms with Crippen LogP contribution in [0.1, 0.15) is 26.7 Å². The van der Waals surface area contributed by atoms with Gasteiger partial charge in [0.25, 0.3) is 0 Å². The molecule has 0 bridgehead atoms. The van der Waals surface area contributed by atoms with Gasteiger partial charge in [0.1, 0.15) is 5.75 Å². The molecule has 110 valence electrons. The fourth-order valence-corrected chi connectivity index (χ4v) is 2.28. The van der Waals surface area contributed by atoms with Gasteiger partial charge in [0.15, 0.2) is 0 Å². The molecule has 0 aromatic heterocycles. The minimum atomic E-state index is -0.340. The molecule has 1 aliphatic carbocycles. The van der Waals surface area contributed by atoms with Gasteiger partial charge in [-0.2, -0.15) is 0 Å². The maximum Gasteiger partial charge on any atom is 0.223 e. The first-order valence-corrected chi connectivity index (χ1v) is 6.86. The lowest BCUT2D eigenvalue weighted by atomic mass is 9.64. The molecule has 0 heterocycles. The first-order chi connectivity index (χ1) is 9.41. The molecule has 1 saturated carbocycles.